The summed E-state index contributed by atoms with van der Waals surface area (Å²) in [6.07, 6.45) is 0. The van der Waals surface area contributed by atoms with Crippen LogP contribution in [-0.4, -0.2) is 22.5 Å². The van der Waals surface area contributed by atoms with Crippen molar-refractivity contribution in [2.75, 3.05) is 11.4 Å². The molecule has 33 heavy (non-hydrogen) atoms. The van der Waals surface area contributed by atoms with Gasteiger partial charge in [-0.25, -0.2) is 4.98 Å². The maximum Gasteiger partial charge on any atom is 0.139 e. The van der Waals surface area contributed by atoms with Gasteiger partial charge < -0.3 is 14.7 Å². The number of aliphatic hydroxyl groups excluding tert-OH is 1. The molecule has 5 nitrogen and oxygen atoms in total. The fraction of sp³-hybridized carbons (Fsp3) is 0.111. The maximum atomic E-state index is 10.7. The van der Waals surface area contributed by atoms with E-state index in [1.807, 2.05) is 72.1 Å². The molecule has 1 aliphatic rings. The largest absolute Gasteiger partial charge is 0.510 e. The molecule has 0 unspecified atom stereocenters. The molecule has 3 aromatic carbocycles. The van der Waals surface area contributed by atoms with Crippen LogP contribution in [0.4, 0.5) is 5.69 Å². The second-order valence-electron chi connectivity index (χ2n) is 7.93. The highest BCUT2D eigenvalue weighted by molar-refractivity contribution is 7.11. The van der Waals surface area contributed by atoms with Crippen molar-refractivity contribution >= 4 is 28.4 Å². The molecule has 0 saturated carbocycles. The van der Waals surface area contributed by atoms with Crippen molar-refractivity contribution in [1.82, 2.24) is 4.98 Å². The third-order valence-corrected chi connectivity index (χ3v) is 6.43. The fourth-order valence-corrected chi connectivity index (χ4v) is 4.63. The zero-order valence-corrected chi connectivity index (χ0v) is 19.0. The highest BCUT2D eigenvalue weighted by Gasteiger charge is 2.31. The molecule has 164 valence electrons. The van der Waals surface area contributed by atoms with Gasteiger partial charge in [0, 0.05) is 16.6 Å². The van der Waals surface area contributed by atoms with Gasteiger partial charge in [-0.15, -0.1) is 11.3 Å². The average molecular weight is 454 g/mol. The average Bonchev–Trinajstić information content (AvgIpc) is 3.43. The Kier molecular flexibility index (Phi) is 5.67. The van der Waals surface area contributed by atoms with E-state index < -0.39 is 0 Å². The van der Waals surface area contributed by atoms with Gasteiger partial charge >= 0.3 is 0 Å². The molecule has 0 bridgehead atoms. The molecule has 2 N–H and O–H groups in total. The predicted octanol–water partition coefficient (Wildman–Crippen LogP) is 6.46. The lowest BCUT2D eigenvalue weighted by molar-refractivity contribution is 0.306. The van der Waals surface area contributed by atoms with Gasteiger partial charge in [0.1, 0.15) is 29.0 Å². The van der Waals surface area contributed by atoms with E-state index in [4.69, 9.17) is 15.1 Å². The molecule has 4 aromatic rings. The number of aryl methyl sites for hydroxylation is 1. The van der Waals surface area contributed by atoms with Crippen LogP contribution in [-0.2, 0) is 6.61 Å². The van der Waals surface area contributed by atoms with Crippen LogP contribution < -0.4 is 9.64 Å². The van der Waals surface area contributed by atoms with Crippen LogP contribution in [0.2, 0.25) is 0 Å². The summed E-state index contributed by atoms with van der Waals surface area (Å²) in [5.41, 5.74) is 5.48. The fourth-order valence-electron chi connectivity index (χ4n) is 3.73. The molecule has 0 radical (unpaired) electrons. The van der Waals surface area contributed by atoms with Crippen molar-refractivity contribution in [2.45, 2.75) is 13.5 Å². The molecular formula is C27H23N3O2S. The zero-order chi connectivity index (χ0) is 22.8. The van der Waals surface area contributed by atoms with Crippen molar-refractivity contribution in [3.63, 3.8) is 0 Å². The Hall–Kier alpha value is -3.90. The SMILES string of the molecule is Cc1ccc(-c2csc(C3=C(O)CN(c4ccc(OCc5ccccc5)cc4)C3=N)n2)cc1. The molecule has 1 aliphatic heterocycles. The van der Waals surface area contributed by atoms with Crippen molar-refractivity contribution < 1.29 is 9.84 Å². The zero-order valence-electron chi connectivity index (χ0n) is 18.2. The van der Waals surface area contributed by atoms with Gasteiger partial charge in [-0.3, -0.25) is 5.41 Å². The number of benzene rings is 3. The lowest BCUT2D eigenvalue weighted by Gasteiger charge is -2.19. The van der Waals surface area contributed by atoms with Crippen LogP contribution >= 0.6 is 11.3 Å². The third-order valence-electron chi connectivity index (χ3n) is 5.57. The number of ether oxygens (including phenoxy) is 1. The van der Waals surface area contributed by atoms with E-state index in [2.05, 4.69) is 19.1 Å². The standard InChI is InChI=1S/C27H23N3O2S/c1-18-7-9-20(10-8-18)23-17-33-27(29-23)25-24(31)15-30(26(25)28)21-11-13-22(14-12-21)32-16-19-5-3-2-4-6-19/h2-14,17,28,31H,15-16H2,1H3. The Labute approximate surface area is 196 Å². The molecular weight excluding hydrogens is 430 g/mol. The van der Waals surface area contributed by atoms with E-state index in [-0.39, 0.29) is 18.1 Å². The summed E-state index contributed by atoms with van der Waals surface area (Å²) in [5.74, 6) is 1.16. The Morgan fingerprint density at radius 2 is 1.73 bits per heavy atom. The summed E-state index contributed by atoms with van der Waals surface area (Å²) < 4.78 is 5.86. The monoisotopic (exact) mass is 453 g/mol. The highest BCUT2D eigenvalue weighted by atomic mass is 32.1. The molecule has 0 spiro atoms. The second-order valence-corrected chi connectivity index (χ2v) is 8.79. The number of hydrogen-bond acceptors (Lipinski definition) is 5. The maximum absolute atomic E-state index is 10.7. The van der Waals surface area contributed by atoms with Crippen LogP contribution in [0.5, 0.6) is 5.75 Å². The van der Waals surface area contributed by atoms with E-state index in [1.165, 1.54) is 16.9 Å². The van der Waals surface area contributed by atoms with Gasteiger partial charge in [0.15, 0.2) is 0 Å². The quantitative estimate of drug-likeness (QED) is 0.351. The summed E-state index contributed by atoms with van der Waals surface area (Å²) >= 11 is 1.44. The number of nitrogens with zero attached hydrogens (tertiary/aromatic N) is 2. The summed E-state index contributed by atoms with van der Waals surface area (Å²) in [6, 6.07) is 25.8. The molecule has 6 heteroatoms. The van der Waals surface area contributed by atoms with E-state index in [0.29, 0.717) is 17.2 Å². The number of rotatable bonds is 6. The van der Waals surface area contributed by atoms with Crippen LogP contribution in [0.25, 0.3) is 16.8 Å². The first-order chi connectivity index (χ1) is 16.1. The first-order valence-corrected chi connectivity index (χ1v) is 11.5. The lowest BCUT2D eigenvalue weighted by atomic mass is 10.1. The first kappa shape index (κ1) is 21.0. The Bertz CT molecular complexity index is 1310. The van der Waals surface area contributed by atoms with Gasteiger partial charge in [0.25, 0.3) is 0 Å². The van der Waals surface area contributed by atoms with Crippen LogP contribution in [0.1, 0.15) is 16.1 Å². The van der Waals surface area contributed by atoms with Gasteiger partial charge in [0.05, 0.1) is 17.8 Å². The number of nitrogens with one attached hydrogen (secondary N) is 1. The second kappa shape index (κ2) is 8.92. The molecule has 0 saturated heterocycles. The Morgan fingerprint density at radius 3 is 2.45 bits per heavy atom. The number of aromatic nitrogens is 1. The molecule has 0 amide bonds. The van der Waals surface area contributed by atoms with Crippen molar-refractivity contribution in [3.05, 3.63) is 106 Å². The third kappa shape index (κ3) is 4.38. The number of aliphatic hydroxyl groups is 1. The van der Waals surface area contributed by atoms with E-state index in [9.17, 15) is 5.11 Å². The van der Waals surface area contributed by atoms with Gasteiger partial charge in [-0.1, -0.05) is 60.2 Å². The number of hydrogen-bond donors (Lipinski definition) is 2. The smallest absolute Gasteiger partial charge is 0.139 e. The number of thiazole rings is 1. The minimum absolute atomic E-state index is 0.161. The molecule has 0 atom stereocenters. The summed E-state index contributed by atoms with van der Waals surface area (Å²) in [5, 5.41) is 22.0. The molecule has 1 aromatic heterocycles. The van der Waals surface area contributed by atoms with E-state index in [1.54, 1.807) is 4.90 Å². The van der Waals surface area contributed by atoms with Crippen molar-refractivity contribution in [1.29, 1.82) is 5.41 Å². The Morgan fingerprint density at radius 1 is 1.00 bits per heavy atom. The molecule has 2 heterocycles. The summed E-state index contributed by atoms with van der Waals surface area (Å²) in [6.45, 7) is 2.80. The number of amidine groups is 1. The topological polar surface area (TPSA) is 69.4 Å². The van der Waals surface area contributed by atoms with Gasteiger partial charge in [-0.05, 0) is 36.8 Å². The summed E-state index contributed by atoms with van der Waals surface area (Å²) in [7, 11) is 0. The molecule has 0 fully saturated rings. The van der Waals surface area contributed by atoms with Crippen LogP contribution in [0.3, 0.4) is 0 Å². The normalized spacial score (nSPS) is 13.6. The molecule has 5 rings (SSSR count). The lowest BCUT2D eigenvalue weighted by Crippen LogP contribution is -2.25. The van der Waals surface area contributed by atoms with E-state index >= 15 is 0 Å². The highest BCUT2D eigenvalue weighted by Crippen LogP contribution is 2.35. The summed E-state index contributed by atoms with van der Waals surface area (Å²) in [4.78, 5) is 6.48. The van der Waals surface area contributed by atoms with Gasteiger partial charge in [0.2, 0.25) is 0 Å². The predicted molar refractivity (Wildman–Crippen MR) is 134 cm³/mol. The van der Waals surface area contributed by atoms with Gasteiger partial charge in [-0.2, -0.15) is 0 Å². The van der Waals surface area contributed by atoms with E-state index in [0.717, 1.165) is 28.3 Å². The van der Waals surface area contributed by atoms with Crippen LogP contribution in [0, 0.1) is 12.3 Å². The van der Waals surface area contributed by atoms with Crippen molar-refractivity contribution in [3.8, 4) is 17.0 Å². The minimum Gasteiger partial charge on any atom is -0.510 e. The van der Waals surface area contributed by atoms with Crippen molar-refractivity contribution in [2.24, 2.45) is 0 Å². The van der Waals surface area contributed by atoms with Crippen LogP contribution in [0.15, 0.2) is 90.0 Å². The first-order valence-electron chi connectivity index (χ1n) is 10.7. The Balaban J connectivity index is 1.29. The number of anilines is 1. The molecule has 0 aliphatic carbocycles. The minimum atomic E-state index is 0.161.